The average Bonchev–Trinajstić information content (AvgIpc) is 2.78. The van der Waals surface area contributed by atoms with Crippen molar-refractivity contribution in [2.24, 2.45) is 0 Å². The summed E-state index contributed by atoms with van der Waals surface area (Å²) < 4.78 is 0. The van der Waals surface area contributed by atoms with E-state index in [0.717, 1.165) is 11.0 Å². The van der Waals surface area contributed by atoms with Gasteiger partial charge in [-0.25, -0.2) is 4.79 Å². The third kappa shape index (κ3) is 2.08. The van der Waals surface area contributed by atoms with Gasteiger partial charge < -0.3 is 15.3 Å². The maximum absolute atomic E-state index is 11.2. The van der Waals surface area contributed by atoms with E-state index in [4.69, 9.17) is 0 Å². The molecule has 0 atom stereocenters. The van der Waals surface area contributed by atoms with Crippen molar-refractivity contribution in [1.29, 1.82) is 0 Å². The van der Waals surface area contributed by atoms with E-state index in [-0.39, 0.29) is 5.69 Å². The second kappa shape index (κ2) is 4.61. The summed E-state index contributed by atoms with van der Waals surface area (Å²) in [7, 11) is 2.04. The van der Waals surface area contributed by atoms with Gasteiger partial charge in [-0.05, 0) is 56.3 Å². The molecular formula is C14H19N3O. The van der Waals surface area contributed by atoms with Gasteiger partial charge in [0, 0.05) is 6.04 Å². The minimum absolute atomic E-state index is 0.124. The summed E-state index contributed by atoms with van der Waals surface area (Å²) in [4.78, 5) is 16.9. The van der Waals surface area contributed by atoms with Crippen LogP contribution in [0.3, 0.4) is 0 Å². The van der Waals surface area contributed by atoms with Crippen LogP contribution in [0.1, 0.15) is 37.2 Å². The highest BCUT2D eigenvalue weighted by molar-refractivity contribution is 5.75. The van der Waals surface area contributed by atoms with E-state index in [1.165, 1.54) is 31.2 Å². The van der Waals surface area contributed by atoms with Crippen LogP contribution in [0, 0.1) is 0 Å². The Bertz CT molecular complexity index is 590. The summed E-state index contributed by atoms with van der Waals surface area (Å²) >= 11 is 0. The number of imidazole rings is 1. The lowest BCUT2D eigenvalue weighted by molar-refractivity contribution is 0.359. The summed E-state index contributed by atoms with van der Waals surface area (Å²) in [5.74, 6) is 0.636. The second-order valence-corrected chi connectivity index (χ2v) is 5.22. The number of nitrogens with one attached hydrogen (secondary N) is 3. The van der Waals surface area contributed by atoms with Crippen LogP contribution < -0.4 is 11.0 Å². The van der Waals surface area contributed by atoms with Gasteiger partial charge in [0.2, 0.25) is 0 Å². The topological polar surface area (TPSA) is 60.7 Å². The molecule has 1 aromatic carbocycles. The van der Waals surface area contributed by atoms with E-state index in [0.29, 0.717) is 12.0 Å². The van der Waals surface area contributed by atoms with Crippen molar-refractivity contribution in [2.45, 2.75) is 37.6 Å². The number of hydrogen-bond acceptors (Lipinski definition) is 2. The molecule has 4 nitrogen and oxygen atoms in total. The minimum Gasteiger partial charge on any atom is -0.317 e. The Hall–Kier alpha value is -1.55. The summed E-state index contributed by atoms with van der Waals surface area (Å²) in [6.07, 6.45) is 4.93. The fourth-order valence-corrected chi connectivity index (χ4v) is 3.02. The predicted octanol–water partition coefficient (Wildman–Crippen LogP) is 2.10. The Morgan fingerprint density at radius 2 is 1.83 bits per heavy atom. The van der Waals surface area contributed by atoms with Crippen LogP contribution in [0.15, 0.2) is 23.0 Å². The molecule has 0 bridgehead atoms. The van der Waals surface area contributed by atoms with Crippen molar-refractivity contribution in [2.75, 3.05) is 7.05 Å². The molecule has 3 N–H and O–H groups in total. The lowest BCUT2D eigenvalue weighted by atomic mass is 9.82. The first-order valence-electron chi connectivity index (χ1n) is 6.65. The molecule has 0 unspecified atom stereocenters. The van der Waals surface area contributed by atoms with E-state index in [9.17, 15) is 4.79 Å². The molecule has 0 aliphatic heterocycles. The van der Waals surface area contributed by atoms with E-state index in [1.807, 2.05) is 13.1 Å². The molecule has 3 rings (SSSR count). The third-order valence-corrected chi connectivity index (χ3v) is 4.15. The van der Waals surface area contributed by atoms with E-state index >= 15 is 0 Å². The molecule has 0 spiro atoms. The van der Waals surface area contributed by atoms with Gasteiger partial charge in [0.05, 0.1) is 11.0 Å². The normalized spacial score (nSPS) is 24.5. The molecule has 1 aliphatic rings. The summed E-state index contributed by atoms with van der Waals surface area (Å²) in [5, 5.41) is 3.36. The Kier molecular flexibility index (Phi) is 2.96. The standard InChI is InChI=1S/C14H19N3O/c1-15-11-5-2-9(3-6-11)10-4-7-12-13(8-10)17-14(18)16-12/h4,7-9,11,15H,2-3,5-6H2,1H3,(H2,16,17,18). The van der Waals surface area contributed by atoms with Gasteiger partial charge >= 0.3 is 5.69 Å². The van der Waals surface area contributed by atoms with Gasteiger partial charge in [0.1, 0.15) is 0 Å². The second-order valence-electron chi connectivity index (χ2n) is 5.22. The maximum atomic E-state index is 11.2. The molecule has 1 fully saturated rings. The zero-order valence-corrected chi connectivity index (χ0v) is 10.6. The largest absolute Gasteiger partial charge is 0.323 e. The zero-order chi connectivity index (χ0) is 12.5. The monoisotopic (exact) mass is 245 g/mol. The molecule has 1 saturated carbocycles. The first kappa shape index (κ1) is 11.5. The van der Waals surface area contributed by atoms with Crippen LogP contribution in [0.25, 0.3) is 11.0 Å². The van der Waals surface area contributed by atoms with Crippen molar-refractivity contribution in [3.05, 3.63) is 34.2 Å². The van der Waals surface area contributed by atoms with Gasteiger partial charge in [-0.3, -0.25) is 0 Å². The molecule has 1 aliphatic carbocycles. The summed E-state index contributed by atoms with van der Waals surface area (Å²) in [6, 6.07) is 6.96. The Morgan fingerprint density at radius 3 is 2.56 bits per heavy atom. The van der Waals surface area contributed by atoms with E-state index in [1.54, 1.807) is 0 Å². The van der Waals surface area contributed by atoms with Crippen LogP contribution >= 0.6 is 0 Å². The van der Waals surface area contributed by atoms with Crippen molar-refractivity contribution in [3.8, 4) is 0 Å². The lowest BCUT2D eigenvalue weighted by Gasteiger charge is -2.28. The van der Waals surface area contributed by atoms with Crippen molar-refractivity contribution >= 4 is 11.0 Å². The number of H-pyrrole nitrogens is 2. The number of hydrogen-bond donors (Lipinski definition) is 3. The van der Waals surface area contributed by atoms with Crippen LogP contribution in [0.2, 0.25) is 0 Å². The van der Waals surface area contributed by atoms with Gasteiger partial charge in [0.15, 0.2) is 0 Å². The third-order valence-electron chi connectivity index (χ3n) is 4.15. The molecule has 0 amide bonds. The molecule has 0 saturated heterocycles. The average molecular weight is 245 g/mol. The molecule has 18 heavy (non-hydrogen) atoms. The highest BCUT2D eigenvalue weighted by Crippen LogP contribution is 2.33. The Balaban J connectivity index is 1.84. The highest BCUT2D eigenvalue weighted by atomic mass is 16.1. The number of aromatic nitrogens is 2. The van der Waals surface area contributed by atoms with Crippen molar-refractivity contribution < 1.29 is 0 Å². The van der Waals surface area contributed by atoms with Gasteiger partial charge in [-0.2, -0.15) is 0 Å². The zero-order valence-electron chi connectivity index (χ0n) is 10.6. The molecule has 2 aromatic rings. The van der Waals surface area contributed by atoms with Gasteiger partial charge in [-0.15, -0.1) is 0 Å². The van der Waals surface area contributed by atoms with Crippen LogP contribution in [0.4, 0.5) is 0 Å². The quantitative estimate of drug-likeness (QED) is 0.758. The van der Waals surface area contributed by atoms with E-state index < -0.39 is 0 Å². The first-order chi connectivity index (χ1) is 8.76. The minimum atomic E-state index is -0.124. The van der Waals surface area contributed by atoms with Crippen LogP contribution in [0.5, 0.6) is 0 Å². The fourth-order valence-electron chi connectivity index (χ4n) is 3.02. The van der Waals surface area contributed by atoms with Crippen molar-refractivity contribution in [1.82, 2.24) is 15.3 Å². The first-order valence-corrected chi connectivity index (χ1v) is 6.65. The lowest BCUT2D eigenvalue weighted by Crippen LogP contribution is -2.29. The maximum Gasteiger partial charge on any atom is 0.323 e. The van der Waals surface area contributed by atoms with Gasteiger partial charge in [0.25, 0.3) is 0 Å². The van der Waals surface area contributed by atoms with E-state index in [2.05, 4.69) is 27.4 Å². The molecule has 4 heteroatoms. The molecule has 0 radical (unpaired) electrons. The smallest absolute Gasteiger partial charge is 0.317 e. The molecule has 1 heterocycles. The summed E-state index contributed by atoms with van der Waals surface area (Å²) in [6.45, 7) is 0. The molecule has 1 aromatic heterocycles. The Morgan fingerprint density at radius 1 is 1.11 bits per heavy atom. The van der Waals surface area contributed by atoms with Crippen molar-refractivity contribution in [3.63, 3.8) is 0 Å². The number of rotatable bonds is 2. The molecule has 96 valence electrons. The fraction of sp³-hybridized carbons (Fsp3) is 0.500. The predicted molar refractivity (Wildman–Crippen MR) is 73.0 cm³/mol. The highest BCUT2D eigenvalue weighted by Gasteiger charge is 2.21. The van der Waals surface area contributed by atoms with Crippen LogP contribution in [-0.4, -0.2) is 23.1 Å². The molecular weight excluding hydrogens is 226 g/mol. The SMILES string of the molecule is CNC1CCC(c2ccc3[nH]c(=O)[nH]c3c2)CC1. The Labute approximate surface area is 106 Å². The summed E-state index contributed by atoms with van der Waals surface area (Å²) in [5.41, 5.74) is 3.05. The number of aromatic amines is 2. The number of fused-ring (bicyclic) bond motifs is 1. The van der Waals surface area contributed by atoms with Gasteiger partial charge in [-0.1, -0.05) is 6.07 Å². The van der Waals surface area contributed by atoms with Crippen LogP contribution in [-0.2, 0) is 0 Å². The number of benzene rings is 1.